The SMILES string of the molecule is CC(c1ccc(I)cc1)N(C)C(CN)C1CC1. The van der Waals surface area contributed by atoms with Crippen LogP contribution in [-0.2, 0) is 0 Å². The fourth-order valence-electron chi connectivity index (χ4n) is 2.44. The lowest BCUT2D eigenvalue weighted by molar-refractivity contribution is 0.170. The number of hydrogen-bond acceptors (Lipinski definition) is 2. The minimum atomic E-state index is 0.446. The molecule has 1 fully saturated rings. The highest BCUT2D eigenvalue weighted by Crippen LogP contribution is 2.37. The molecule has 1 saturated carbocycles. The second-order valence-corrected chi connectivity index (χ2v) is 6.28. The first-order valence-corrected chi connectivity index (χ1v) is 7.39. The summed E-state index contributed by atoms with van der Waals surface area (Å²) in [6.45, 7) is 3.04. The molecule has 3 heteroatoms. The molecule has 0 saturated heterocycles. The van der Waals surface area contributed by atoms with Crippen LogP contribution >= 0.6 is 22.6 Å². The van der Waals surface area contributed by atoms with E-state index in [1.807, 2.05) is 0 Å². The Balaban J connectivity index is 2.07. The summed E-state index contributed by atoms with van der Waals surface area (Å²) in [5.41, 5.74) is 7.29. The summed E-state index contributed by atoms with van der Waals surface area (Å²) in [5, 5.41) is 0. The zero-order chi connectivity index (χ0) is 12.4. The molecule has 0 aliphatic heterocycles. The zero-order valence-electron chi connectivity index (χ0n) is 10.6. The fraction of sp³-hybridized carbons (Fsp3) is 0.571. The highest BCUT2D eigenvalue weighted by atomic mass is 127. The van der Waals surface area contributed by atoms with Gasteiger partial charge in [0.1, 0.15) is 0 Å². The van der Waals surface area contributed by atoms with Gasteiger partial charge in [0.25, 0.3) is 0 Å². The lowest BCUT2D eigenvalue weighted by Gasteiger charge is -2.33. The van der Waals surface area contributed by atoms with Gasteiger partial charge in [0.2, 0.25) is 0 Å². The van der Waals surface area contributed by atoms with Crippen molar-refractivity contribution in [3.05, 3.63) is 33.4 Å². The normalized spacial score (nSPS) is 19.4. The predicted molar refractivity (Wildman–Crippen MR) is 80.9 cm³/mol. The van der Waals surface area contributed by atoms with E-state index in [1.165, 1.54) is 22.0 Å². The summed E-state index contributed by atoms with van der Waals surface area (Å²) in [6, 6.07) is 9.79. The Hall–Kier alpha value is -0.130. The third-order valence-corrected chi connectivity index (χ3v) is 4.61. The van der Waals surface area contributed by atoms with E-state index in [4.69, 9.17) is 5.73 Å². The fourth-order valence-corrected chi connectivity index (χ4v) is 2.80. The number of halogens is 1. The molecule has 0 spiro atoms. The molecule has 1 aromatic rings. The average Bonchev–Trinajstić information content (AvgIpc) is 3.14. The Morgan fingerprint density at radius 3 is 2.41 bits per heavy atom. The molecule has 0 amide bonds. The molecule has 2 nitrogen and oxygen atoms in total. The van der Waals surface area contributed by atoms with E-state index in [1.54, 1.807) is 0 Å². The van der Waals surface area contributed by atoms with E-state index < -0.39 is 0 Å². The van der Waals surface area contributed by atoms with Crippen molar-refractivity contribution in [3.8, 4) is 0 Å². The van der Waals surface area contributed by atoms with E-state index in [2.05, 4.69) is 65.7 Å². The standard InChI is InChI=1S/C14H21IN2/c1-10(11-5-7-13(15)8-6-11)17(2)14(9-16)12-3-4-12/h5-8,10,12,14H,3-4,9,16H2,1-2H3. The summed E-state index contributed by atoms with van der Waals surface area (Å²) >= 11 is 2.35. The third kappa shape index (κ3) is 3.20. The van der Waals surface area contributed by atoms with Crippen LogP contribution in [0.2, 0.25) is 0 Å². The first-order chi connectivity index (χ1) is 8.13. The molecule has 17 heavy (non-hydrogen) atoms. The lowest BCUT2D eigenvalue weighted by atomic mass is 10.0. The van der Waals surface area contributed by atoms with Gasteiger partial charge in [-0.2, -0.15) is 0 Å². The van der Waals surface area contributed by atoms with Crippen molar-refractivity contribution < 1.29 is 0 Å². The van der Waals surface area contributed by atoms with E-state index in [-0.39, 0.29) is 0 Å². The van der Waals surface area contributed by atoms with Gasteiger partial charge in [-0.15, -0.1) is 0 Å². The molecule has 0 radical (unpaired) electrons. The van der Waals surface area contributed by atoms with E-state index >= 15 is 0 Å². The molecule has 1 aromatic carbocycles. The van der Waals surface area contributed by atoms with Crippen LogP contribution in [0.4, 0.5) is 0 Å². The quantitative estimate of drug-likeness (QED) is 0.832. The number of likely N-dealkylation sites (N-methyl/N-ethyl adjacent to an activating group) is 1. The van der Waals surface area contributed by atoms with Crippen LogP contribution in [0.25, 0.3) is 0 Å². The first kappa shape index (κ1) is 13.3. The molecule has 1 aliphatic carbocycles. The average molecular weight is 344 g/mol. The van der Waals surface area contributed by atoms with Crippen LogP contribution < -0.4 is 5.73 Å². The highest BCUT2D eigenvalue weighted by Gasteiger charge is 2.34. The van der Waals surface area contributed by atoms with Gasteiger partial charge in [0.05, 0.1) is 0 Å². The molecule has 2 unspecified atom stereocenters. The molecule has 0 bridgehead atoms. The number of rotatable bonds is 5. The van der Waals surface area contributed by atoms with Gasteiger partial charge in [-0.05, 0) is 73.0 Å². The third-order valence-electron chi connectivity index (χ3n) is 3.89. The molecule has 1 aliphatic rings. The molecule has 0 aromatic heterocycles. The Morgan fingerprint density at radius 2 is 1.94 bits per heavy atom. The van der Waals surface area contributed by atoms with Crippen molar-refractivity contribution in [3.63, 3.8) is 0 Å². The Kier molecular flexibility index (Phi) is 4.44. The maximum Gasteiger partial charge on any atom is 0.0320 e. The topological polar surface area (TPSA) is 29.3 Å². The van der Waals surface area contributed by atoms with Crippen LogP contribution in [0.15, 0.2) is 24.3 Å². The molecule has 2 rings (SSSR count). The van der Waals surface area contributed by atoms with Crippen molar-refractivity contribution in [1.82, 2.24) is 4.90 Å². The largest absolute Gasteiger partial charge is 0.329 e. The summed E-state index contributed by atoms with van der Waals surface area (Å²) in [5.74, 6) is 0.830. The number of nitrogens with zero attached hydrogens (tertiary/aromatic N) is 1. The molecule has 0 heterocycles. The van der Waals surface area contributed by atoms with Gasteiger partial charge in [-0.25, -0.2) is 0 Å². The Labute approximate surface area is 118 Å². The molecular weight excluding hydrogens is 323 g/mol. The maximum absolute atomic E-state index is 5.91. The van der Waals surface area contributed by atoms with Crippen molar-refractivity contribution in [2.24, 2.45) is 11.7 Å². The maximum atomic E-state index is 5.91. The summed E-state index contributed by atoms with van der Waals surface area (Å²) < 4.78 is 1.29. The van der Waals surface area contributed by atoms with Crippen LogP contribution in [0.1, 0.15) is 31.4 Å². The van der Waals surface area contributed by atoms with E-state index in [0.29, 0.717) is 12.1 Å². The second kappa shape index (κ2) is 5.67. The van der Waals surface area contributed by atoms with Crippen molar-refractivity contribution in [1.29, 1.82) is 0 Å². The van der Waals surface area contributed by atoms with Crippen molar-refractivity contribution in [2.45, 2.75) is 31.8 Å². The summed E-state index contributed by atoms with van der Waals surface area (Å²) in [4.78, 5) is 2.44. The van der Waals surface area contributed by atoms with Gasteiger partial charge >= 0.3 is 0 Å². The Bertz CT molecular complexity index is 359. The van der Waals surface area contributed by atoms with E-state index in [9.17, 15) is 0 Å². The summed E-state index contributed by atoms with van der Waals surface area (Å²) in [7, 11) is 2.21. The van der Waals surface area contributed by atoms with Gasteiger partial charge in [-0.1, -0.05) is 12.1 Å². The number of hydrogen-bond donors (Lipinski definition) is 1. The van der Waals surface area contributed by atoms with Gasteiger partial charge in [0.15, 0.2) is 0 Å². The van der Waals surface area contributed by atoms with Crippen molar-refractivity contribution in [2.75, 3.05) is 13.6 Å². The molecule has 2 atom stereocenters. The van der Waals surface area contributed by atoms with Gasteiger partial charge < -0.3 is 5.73 Å². The number of benzene rings is 1. The second-order valence-electron chi connectivity index (χ2n) is 5.03. The van der Waals surface area contributed by atoms with Crippen LogP contribution in [-0.4, -0.2) is 24.5 Å². The number of nitrogens with two attached hydrogens (primary N) is 1. The summed E-state index contributed by atoms with van der Waals surface area (Å²) in [6.07, 6.45) is 2.71. The minimum Gasteiger partial charge on any atom is -0.329 e. The van der Waals surface area contributed by atoms with Crippen LogP contribution in [0, 0.1) is 9.49 Å². The molecular formula is C14H21IN2. The predicted octanol–water partition coefficient (Wildman–Crippen LogP) is 3.02. The highest BCUT2D eigenvalue weighted by molar-refractivity contribution is 14.1. The molecule has 94 valence electrons. The first-order valence-electron chi connectivity index (χ1n) is 6.31. The van der Waals surface area contributed by atoms with Gasteiger partial charge in [0, 0.05) is 22.2 Å². The van der Waals surface area contributed by atoms with Crippen LogP contribution in [0.5, 0.6) is 0 Å². The Morgan fingerprint density at radius 1 is 1.35 bits per heavy atom. The van der Waals surface area contributed by atoms with E-state index in [0.717, 1.165) is 12.5 Å². The molecule has 2 N–H and O–H groups in total. The minimum absolute atomic E-state index is 0.446. The van der Waals surface area contributed by atoms with Crippen molar-refractivity contribution >= 4 is 22.6 Å². The lowest BCUT2D eigenvalue weighted by Crippen LogP contribution is -2.41. The zero-order valence-corrected chi connectivity index (χ0v) is 12.7. The smallest absolute Gasteiger partial charge is 0.0320 e. The van der Waals surface area contributed by atoms with Crippen LogP contribution in [0.3, 0.4) is 0 Å². The monoisotopic (exact) mass is 344 g/mol. The van der Waals surface area contributed by atoms with Gasteiger partial charge in [-0.3, -0.25) is 4.90 Å².